The van der Waals surface area contributed by atoms with Crippen LogP contribution in [0.3, 0.4) is 0 Å². The minimum atomic E-state index is -0.109. The highest BCUT2D eigenvalue weighted by Gasteiger charge is 2.12. The van der Waals surface area contributed by atoms with Gasteiger partial charge >= 0.3 is 6.03 Å². The molecule has 5 heteroatoms. The fourth-order valence-corrected chi connectivity index (χ4v) is 3.28. The van der Waals surface area contributed by atoms with Gasteiger partial charge in [0.15, 0.2) is 0 Å². The largest absolute Gasteiger partial charge is 0.379 e. The monoisotopic (exact) mass is 341 g/mol. The average Bonchev–Trinajstić information content (AvgIpc) is 2.65. The van der Waals surface area contributed by atoms with Gasteiger partial charge in [0.05, 0.1) is 19.3 Å². The van der Waals surface area contributed by atoms with E-state index in [4.69, 9.17) is 4.74 Å². The molecule has 2 aromatic rings. The lowest BCUT2D eigenvalue weighted by Crippen LogP contribution is -2.40. The quantitative estimate of drug-likeness (QED) is 0.795. The van der Waals surface area contributed by atoms with Crippen molar-refractivity contribution in [2.45, 2.75) is 19.4 Å². The molecule has 1 heterocycles. The molecular weight excluding hydrogens is 314 g/mol. The van der Waals surface area contributed by atoms with Gasteiger partial charge in [-0.25, -0.2) is 4.79 Å². The van der Waals surface area contributed by atoms with Gasteiger partial charge in [0.1, 0.15) is 0 Å². The molecule has 1 saturated heterocycles. The maximum Gasteiger partial charge on any atom is 0.315 e. The lowest BCUT2D eigenvalue weighted by Gasteiger charge is -2.26. The van der Waals surface area contributed by atoms with Gasteiger partial charge in [-0.05, 0) is 36.2 Å². The number of carbonyl (C=O) groups excluding carboxylic acids is 1. The van der Waals surface area contributed by atoms with E-state index in [1.807, 2.05) is 25.1 Å². The zero-order valence-corrected chi connectivity index (χ0v) is 14.8. The summed E-state index contributed by atoms with van der Waals surface area (Å²) in [4.78, 5) is 14.5. The SMILES string of the molecule is C[C@H](NC(=O)NCCCN1CCOCC1)c1cccc2ccccc12. The minimum Gasteiger partial charge on any atom is -0.379 e. The molecule has 0 radical (unpaired) electrons. The zero-order chi connectivity index (χ0) is 17.5. The molecule has 2 aromatic carbocycles. The van der Waals surface area contributed by atoms with Gasteiger partial charge in [0.2, 0.25) is 0 Å². The van der Waals surface area contributed by atoms with Gasteiger partial charge < -0.3 is 15.4 Å². The molecule has 0 saturated carbocycles. The molecule has 0 aliphatic carbocycles. The molecular formula is C20H27N3O2. The van der Waals surface area contributed by atoms with Gasteiger partial charge in [-0.15, -0.1) is 0 Å². The Balaban J connectivity index is 1.45. The van der Waals surface area contributed by atoms with Gasteiger partial charge in [-0.3, -0.25) is 4.90 Å². The van der Waals surface area contributed by atoms with Crippen molar-refractivity contribution in [3.8, 4) is 0 Å². The maximum absolute atomic E-state index is 12.2. The zero-order valence-electron chi connectivity index (χ0n) is 14.8. The second-order valence-corrected chi connectivity index (χ2v) is 6.50. The molecule has 1 fully saturated rings. The van der Waals surface area contributed by atoms with Crippen molar-refractivity contribution in [2.24, 2.45) is 0 Å². The summed E-state index contributed by atoms with van der Waals surface area (Å²) in [5.41, 5.74) is 1.14. The van der Waals surface area contributed by atoms with Crippen LogP contribution in [0, 0.1) is 0 Å². The third-order valence-electron chi connectivity index (χ3n) is 4.68. The van der Waals surface area contributed by atoms with Crippen LogP contribution in [0.15, 0.2) is 42.5 Å². The van der Waals surface area contributed by atoms with E-state index >= 15 is 0 Å². The second kappa shape index (κ2) is 8.83. The third kappa shape index (κ3) is 4.94. The summed E-state index contributed by atoms with van der Waals surface area (Å²) >= 11 is 0. The number of rotatable bonds is 6. The first-order valence-electron chi connectivity index (χ1n) is 9.06. The van der Waals surface area contributed by atoms with E-state index in [2.05, 4.69) is 39.8 Å². The van der Waals surface area contributed by atoms with E-state index in [1.54, 1.807) is 0 Å². The number of urea groups is 1. The first kappa shape index (κ1) is 17.7. The molecule has 2 N–H and O–H groups in total. The van der Waals surface area contributed by atoms with Crippen LogP contribution in [-0.4, -0.2) is 50.3 Å². The van der Waals surface area contributed by atoms with Gasteiger partial charge in [0.25, 0.3) is 0 Å². The van der Waals surface area contributed by atoms with Crippen LogP contribution in [0.2, 0.25) is 0 Å². The summed E-state index contributed by atoms with van der Waals surface area (Å²) in [5, 5.41) is 8.39. The van der Waals surface area contributed by atoms with Crippen LogP contribution in [0.25, 0.3) is 10.8 Å². The molecule has 1 aliphatic heterocycles. The Morgan fingerprint density at radius 1 is 1.16 bits per heavy atom. The number of carbonyl (C=O) groups is 1. The standard InChI is InChI=1S/C20H27N3O2/c1-16(18-9-4-7-17-6-2-3-8-19(17)18)22-20(24)21-10-5-11-23-12-14-25-15-13-23/h2-4,6-9,16H,5,10-15H2,1H3,(H2,21,22,24)/t16-/m0/s1. The number of amides is 2. The Morgan fingerprint density at radius 2 is 1.92 bits per heavy atom. The fourth-order valence-electron chi connectivity index (χ4n) is 3.28. The van der Waals surface area contributed by atoms with E-state index < -0.39 is 0 Å². The normalized spacial score (nSPS) is 16.5. The molecule has 1 aliphatic rings. The average molecular weight is 341 g/mol. The molecule has 2 amide bonds. The van der Waals surface area contributed by atoms with Crippen LogP contribution in [0.4, 0.5) is 4.79 Å². The molecule has 25 heavy (non-hydrogen) atoms. The highest BCUT2D eigenvalue weighted by atomic mass is 16.5. The van der Waals surface area contributed by atoms with Gasteiger partial charge in [-0.2, -0.15) is 0 Å². The molecule has 1 atom stereocenters. The number of fused-ring (bicyclic) bond motifs is 1. The Hall–Kier alpha value is -2.11. The van der Waals surface area contributed by atoms with Crippen molar-refractivity contribution in [1.82, 2.24) is 15.5 Å². The molecule has 0 bridgehead atoms. The Kier molecular flexibility index (Phi) is 6.25. The topological polar surface area (TPSA) is 53.6 Å². The van der Waals surface area contributed by atoms with Gasteiger partial charge in [0, 0.05) is 19.6 Å². The van der Waals surface area contributed by atoms with Crippen molar-refractivity contribution in [3.63, 3.8) is 0 Å². The van der Waals surface area contributed by atoms with Crippen LogP contribution in [-0.2, 0) is 4.74 Å². The van der Waals surface area contributed by atoms with E-state index in [1.165, 1.54) is 10.8 Å². The van der Waals surface area contributed by atoms with Crippen molar-refractivity contribution >= 4 is 16.8 Å². The number of hydrogen-bond acceptors (Lipinski definition) is 3. The van der Waals surface area contributed by atoms with Crippen LogP contribution in [0.5, 0.6) is 0 Å². The summed E-state index contributed by atoms with van der Waals surface area (Å²) in [7, 11) is 0. The number of benzene rings is 2. The van der Waals surface area contributed by atoms with Crippen molar-refractivity contribution < 1.29 is 9.53 Å². The molecule has 134 valence electrons. The van der Waals surface area contributed by atoms with Crippen molar-refractivity contribution in [2.75, 3.05) is 39.4 Å². The lowest BCUT2D eigenvalue weighted by atomic mass is 10.00. The lowest BCUT2D eigenvalue weighted by molar-refractivity contribution is 0.0375. The summed E-state index contributed by atoms with van der Waals surface area (Å²) in [6.07, 6.45) is 0.954. The predicted octanol–water partition coefficient (Wildman–Crippen LogP) is 2.92. The fraction of sp³-hybridized carbons (Fsp3) is 0.450. The van der Waals surface area contributed by atoms with E-state index in [9.17, 15) is 4.79 Å². The highest BCUT2D eigenvalue weighted by molar-refractivity contribution is 5.86. The van der Waals surface area contributed by atoms with Crippen LogP contribution in [0.1, 0.15) is 24.9 Å². The Bertz CT molecular complexity index is 693. The second-order valence-electron chi connectivity index (χ2n) is 6.50. The van der Waals surface area contributed by atoms with E-state index in [-0.39, 0.29) is 12.1 Å². The number of nitrogens with one attached hydrogen (secondary N) is 2. The maximum atomic E-state index is 12.2. The van der Waals surface area contributed by atoms with Gasteiger partial charge in [-0.1, -0.05) is 42.5 Å². The smallest absolute Gasteiger partial charge is 0.315 e. The number of ether oxygens (including phenoxy) is 1. The molecule has 5 nitrogen and oxygen atoms in total. The Labute approximate surface area is 149 Å². The first-order valence-corrected chi connectivity index (χ1v) is 9.06. The summed E-state index contributed by atoms with van der Waals surface area (Å²) in [5.74, 6) is 0. The molecule has 0 aromatic heterocycles. The predicted molar refractivity (Wildman–Crippen MR) is 101 cm³/mol. The number of hydrogen-bond donors (Lipinski definition) is 2. The Morgan fingerprint density at radius 3 is 2.76 bits per heavy atom. The first-order chi connectivity index (χ1) is 12.2. The molecule has 3 rings (SSSR count). The van der Waals surface area contributed by atoms with Crippen LogP contribution < -0.4 is 10.6 Å². The summed E-state index contributed by atoms with van der Waals surface area (Å²) in [6, 6.07) is 14.3. The number of nitrogens with zero attached hydrogens (tertiary/aromatic N) is 1. The van der Waals surface area contributed by atoms with E-state index in [0.29, 0.717) is 6.54 Å². The minimum absolute atomic E-state index is 0.0367. The third-order valence-corrected chi connectivity index (χ3v) is 4.68. The summed E-state index contributed by atoms with van der Waals surface area (Å²) in [6.45, 7) is 7.32. The molecule has 0 unspecified atom stereocenters. The summed E-state index contributed by atoms with van der Waals surface area (Å²) < 4.78 is 5.34. The van der Waals surface area contributed by atoms with E-state index in [0.717, 1.165) is 44.8 Å². The van der Waals surface area contributed by atoms with Crippen LogP contribution >= 0.6 is 0 Å². The van der Waals surface area contributed by atoms with Crippen molar-refractivity contribution in [3.05, 3.63) is 48.0 Å². The molecule has 0 spiro atoms. The number of morpholine rings is 1. The highest BCUT2D eigenvalue weighted by Crippen LogP contribution is 2.23. The van der Waals surface area contributed by atoms with Crippen molar-refractivity contribution in [1.29, 1.82) is 0 Å².